The van der Waals surface area contributed by atoms with Gasteiger partial charge in [0.25, 0.3) is 0 Å². The molecule has 76 valence electrons. The minimum absolute atomic E-state index is 0. The van der Waals surface area contributed by atoms with Gasteiger partial charge in [0.05, 0.1) is 7.11 Å². The molecule has 7 heteroatoms. The Labute approximate surface area is 128 Å². The first-order valence-corrected chi connectivity index (χ1v) is 3.83. The van der Waals surface area contributed by atoms with Crippen LogP contribution < -0.4 is 56.1 Å². The summed E-state index contributed by atoms with van der Waals surface area (Å²) in [5, 5.41) is 0. The minimum Gasteiger partial charge on any atom is -0.497 e. The molecule has 15 heavy (non-hydrogen) atoms. The molecular formula is C8H7BF3KO2. The maximum atomic E-state index is 12.0. The molecule has 0 saturated heterocycles. The van der Waals surface area contributed by atoms with Crippen LogP contribution in [0.1, 0.15) is 10.4 Å². The van der Waals surface area contributed by atoms with Gasteiger partial charge in [-0.1, -0.05) is 12.1 Å². The number of hydrogen-bond donors (Lipinski definition) is 0. The molecule has 0 spiro atoms. The molecule has 0 amide bonds. The molecule has 2 nitrogen and oxygen atoms in total. The fourth-order valence-electron chi connectivity index (χ4n) is 0.944. The zero-order valence-corrected chi connectivity index (χ0v) is 11.5. The fourth-order valence-corrected chi connectivity index (χ4v) is 0.944. The first-order valence-electron chi connectivity index (χ1n) is 3.83. The summed E-state index contributed by atoms with van der Waals surface area (Å²) >= 11 is 0. The van der Waals surface area contributed by atoms with Crippen LogP contribution in [0.2, 0.25) is 0 Å². The second-order valence-electron chi connectivity index (χ2n) is 2.67. The maximum absolute atomic E-state index is 12.0. The quantitative estimate of drug-likeness (QED) is 0.653. The Kier molecular flexibility index (Phi) is 6.12. The molecular weight excluding hydrogens is 235 g/mol. The first-order chi connectivity index (χ1) is 6.45. The van der Waals surface area contributed by atoms with Crippen LogP contribution in [-0.2, 0) is 0 Å². The van der Waals surface area contributed by atoms with E-state index in [1.807, 2.05) is 0 Å². The fraction of sp³-hybridized carbons (Fsp3) is 0.125. The number of ether oxygens (including phenoxy) is 1. The Bertz CT molecular complexity index is 337. The molecule has 0 N–H and O–H groups in total. The molecule has 0 aliphatic carbocycles. The third-order valence-electron chi connectivity index (χ3n) is 1.67. The Balaban J connectivity index is 0.00000196. The van der Waals surface area contributed by atoms with Crippen molar-refractivity contribution in [1.82, 2.24) is 0 Å². The van der Waals surface area contributed by atoms with Crippen molar-refractivity contribution in [2.75, 3.05) is 7.11 Å². The number of methoxy groups -OCH3 is 1. The van der Waals surface area contributed by atoms with Crippen LogP contribution in [0.5, 0.6) is 5.75 Å². The van der Waals surface area contributed by atoms with E-state index in [0.29, 0.717) is 5.75 Å². The Hall–Kier alpha value is 0.181. The summed E-state index contributed by atoms with van der Waals surface area (Å²) in [6, 6.07) is 4.82. The van der Waals surface area contributed by atoms with Gasteiger partial charge in [0.15, 0.2) is 0 Å². The number of hydrogen-bond acceptors (Lipinski definition) is 2. The van der Waals surface area contributed by atoms with Crippen LogP contribution in [0, 0.1) is 0 Å². The zero-order valence-electron chi connectivity index (χ0n) is 8.34. The molecule has 1 rings (SSSR count). The van der Waals surface area contributed by atoms with Crippen molar-refractivity contribution in [1.29, 1.82) is 0 Å². The SMILES string of the molecule is COc1ccc(C(=O)[B-](F)(F)F)cc1.[K+]. The number of carbonyl (C=O) groups excluding carboxylic acids is 1. The largest absolute Gasteiger partial charge is 1.00 e. The molecule has 0 unspecified atom stereocenters. The summed E-state index contributed by atoms with van der Waals surface area (Å²) in [5.41, 5.74) is -2.15. The predicted molar refractivity (Wildman–Crippen MR) is 46.4 cm³/mol. The molecule has 0 aliphatic rings. The average molecular weight is 242 g/mol. The van der Waals surface area contributed by atoms with E-state index in [1.54, 1.807) is 0 Å². The van der Waals surface area contributed by atoms with E-state index in [9.17, 15) is 17.7 Å². The van der Waals surface area contributed by atoms with E-state index >= 15 is 0 Å². The van der Waals surface area contributed by atoms with Crippen molar-refractivity contribution in [3.63, 3.8) is 0 Å². The van der Waals surface area contributed by atoms with Gasteiger partial charge in [-0.3, -0.25) is 0 Å². The van der Waals surface area contributed by atoms with E-state index in [0.717, 1.165) is 12.1 Å². The molecule has 1 aromatic rings. The minimum atomic E-state index is -5.45. The third kappa shape index (κ3) is 4.28. The Morgan fingerprint density at radius 1 is 1.20 bits per heavy atom. The van der Waals surface area contributed by atoms with Crippen LogP contribution in [0.3, 0.4) is 0 Å². The molecule has 0 bridgehead atoms. The molecule has 1 aromatic carbocycles. The van der Waals surface area contributed by atoms with Crippen molar-refractivity contribution in [2.45, 2.75) is 0 Å². The standard InChI is InChI=1S/C8H7BF3O2.K/c1-14-7-4-2-6(3-5-7)8(13)9(10,11)12;/h2-5H,1H3;/q-1;+1. The van der Waals surface area contributed by atoms with Gasteiger partial charge in [-0.25, -0.2) is 0 Å². The molecule has 0 atom stereocenters. The van der Waals surface area contributed by atoms with Gasteiger partial charge in [0, 0.05) is 0 Å². The summed E-state index contributed by atoms with van der Waals surface area (Å²) in [6.45, 7) is -5.45. The molecule has 0 heterocycles. The number of benzene rings is 1. The topological polar surface area (TPSA) is 26.3 Å². The van der Waals surface area contributed by atoms with Crippen molar-refractivity contribution >= 4 is 12.7 Å². The average Bonchev–Trinajstić information content (AvgIpc) is 2.15. The van der Waals surface area contributed by atoms with Gasteiger partial charge in [-0.05, 0) is 17.7 Å². The summed E-state index contributed by atoms with van der Waals surface area (Å²) in [7, 11) is 1.39. The third-order valence-corrected chi connectivity index (χ3v) is 1.67. The van der Waals surface area contributed by atoms with Crippen molar-refractivity contribution in [2.24, 2.45) is 0 Å². The summed E-state index contributed by atoms with van der Waals surface area (Å²) in [6.07, 6.45) is 0. The van der Waals surface area contributed by atoms with E-state index in [1.165, 1.54) is 19.2 Å². The second-order valence-corrected chi connectivity index (χ2v) is 2.67. The summed E-state index contributed by atoms with van der Waals surface area (Å²) in [5.74, 6) is 0.413. The molecule has 0 aromatic heterocycles. The van der Waals surface area contributed by atoms with E-state index in [2.05, 4.69) is 0 Å². The smallest absolute Gasteiger partial charge is 0.497 e. The van der Waals surface area contributed by atoms with Crippen LogP contribution in [0.25, 0.3) is 0 Å². The second kappa shape index (κ2) is 6.05. The first kappa shape index (κ1) is 15.2. The van der Waals surface area contributed by atoms with Gasteiger partial charge >= 0.3 is 58.4 Å². The van der Waals surface area contributed by atoms with Gasteiger partial charge in [-0.2, -0.15) is 0 Å². The normalized spacial score (nSPS) is 10.4. The van der Waals surface area contributed by atoms with Crippen molar-refractivity contribution in [3.05, 3.63) is 29.8 Å². The van der Waals surface area contributed by atoms with Gasteiger partial charge in [0.1, 0.15) is 11.4 Å². The number of halogens is 3. The van der Waals surface area contributed by atoms with Crippen LogP contribution in [0.4, 0.5) is 12.9 Å². The number of carbonyl (C=O) groups is 1. The van der Waals surface area contributed by atoms with Crippen LogP contribution in [-0.4, -0.2) is 19.8 Å². The summed E-state index contributed by atoms with van der Waals surface area (Å²) in [4.78, 5) is 10.7. The van der Waals surface area contributed by atoms with E-state index in [4.69, 9.17) is 4.74 Å². The molecule has 0 radical (unpaired) electrons. The number of rotatable bonds is 3. The van der Waals surface area contributed by atoms with E-state index < -0.39 is 12.7 Å². The monoisotopic (exact) mass is 242 g/mol. The van der Waals surface area contributed by atoms with Crippen molar-refractivity contribution in [3.8, 4) is 5.75 Å². The summed E-state index contributed by atoms with van der Waals surface area (Å²) < 4.78 is 40.7. The van der Waals surface area contributed by atoms with Gasteiger partial charge in [0.2, 0.25) is 0 Å². The Morgan fingerprint density at radius 3 is 2.00 bits per heavy atom. The zero-order chi connectivity index (χ0) is 10.8. The van der Waals surface area contributed by atoms with Gasteiger partial charge < -0.3 is 22.5 Å². The molecule has 0 fully saturated rings. The van der Waals surface area contributed by atoms with Crippen molar-refractivity contribution < 1.29 is 73.9 Å². The van der Waals surface area contributed by atoms with Gasteiger partial charge in [-0.15, -0.1) is 0 Å². The maximum Gasteiger partial charge on any atom is 1.00 e. The Morgan fingerprint density at radius 2 is 1.67 bits per heavy atom. The van der Waals surface area contributed by atoms with E-state index in [-0.39, 0.29) is 56.9 Å². The van der Waals surface area contributed by atoms with Crippen LogP contribution in [0.15, 0.2) is 24.3 Å². The molecule has 0 saturated carbocycles. The van der Waals surface area contributed by atoms with Crippen LogP contribution >= 0.6 is 0 Å². The predicted octanol–water partition coefficient (Wildman–Crippen LogP) is -0.732. The molecule has 0 aliphatic heterocycles.